The molecular weight excluding hydrogens is 612 g/mol. The minimum absolute atomic E-state index is 0.00200. The highest BCUT2D eigenvalue weighted by Gasteiger charge is 2.34. The summed E-state index contributed by atoms with van der Waals surface area (Å²) in [5.74, 6) is 1.20. The van der Waals surface area contributed by atoms with Gasteiger partial charge in [-0.3, -0.25) is 9.59 Å². The molecule has 2 heterocycles. The Bertz CT molecular complexity index is 1560. The highest BCUT2D eigenvalue weighted by atomic mass is 16.5. The van der Waals surface area contributed by atoms with E-state index in [4.69, 9.17) is 14.2 Å². The number of nitrogens with zero attached hydrogens (tertiary/aromatic N) is 3. The smallest absolute Gasteiger partial charge is 0.407 e. The Kier molecular flexibility index (Phi) is 11.8. The van der Waals surface area contributed by atoms with Crippen LogP contribution < -0.4 is 19.7 Å². The van der Waals surface area contributed by atoms with Crippen LogP contribution in [0.2, 0.25) is 0 Å². The van der Waals surface area contributed by atoms with Gasteiger partial charge in [0.15, 0.2) is 0 Å². The number of piperidine rings is 1. The number of methoxy groups -OCH3 is 1. The summed E-state index contributed by atoms with van der Waals surface area (Å²) < 4.78 is 17.1. The summed E-state index contributed by atoms with van der Waals surface area (Å²) in [5, 5.41) is 12.9. The molecule has 1 fully saturated rings. The van der Waals surface area contributed by atoms with Crippen molar-refractivity contribution in [1.29, 1.82) is 0 Å². The summed E-state index contributed by atoms with van der Waals surface area (Å²) in [6.45, 7) is 3.09. The number of likely N-dealkylation sites (N-methyl/N-ethyl adjacent to an activating group) is 1. The molecule has 3 amide bonds. The third-order valence-corrected chi connectivity index (χ3v) is 9.05. The number of carbonyl (C=O) groups excluding carboxylic acids is 2. The first-order valence-corrected chi connectivity index (χ1v) is 16.5. The van der Waals surface area contributed by atoms with E-state index < -0.39 is 12.1 Å². The van der Waals surface area contributed by atoms with Gasteiger partial charge in [-0.15, -0.1) is 0 Å². The predicted molar refractivity (Wildman–Crippen MR) is 183 cm³/mol. The second-order valence-electron chi connectivity index (χ2n) is 12.5. The van der Waals surface area contributed by atoms with Gasteiger partial charge >= 0.3 is 6.09 Å². The molecule has 3 aromatic rings. The normalized spacial score (nSPS) is 17.3. The minimum atomic E-state index is -1.00. The first-order valence-electron chi connectivity index (χ1n) is 16.5. The van der Waals surface area contributed by atoms with Crippen molar-refractivity contribution in [3.8, 4) is 11.5 Å². The second-order valence-corrected chi connectivity index (χ2v) is 12.5. The fourth-order valence-electron chi connectivity index (χ4n) is 6.35. The lowest BCUT2D eigenvalue weighted by Gasteiger charge is -2.38. The zero-order chi connectivity index (χ0) is 34.0. The number of amides is 3. The molecule has 11 nitrogen and oxygen atoms in total. The van der Waals surface area contributed by atoms with Crippen LogP contribution in [-0.4, -0.2) is 99.5 Å². The number of carboxylic acid groups (broad SMARTS) is 1. The molecule has 2 atom stereocenters. The van der Waals surface area contributed by atoms with Crippen LogP contribution in [0.3, 0.4) is 0 Å². The molecule has 48 heavy (non-hydrogen) atoms. The molecule has 2 N–H and O–H groups in total. The SMILES string of the molecule is COc1ccccc1COCCCOc1ccc(C2CCN(C(=O)O)CC2NC(=O)c2ccc3c(c2)N(CC(=O)N(C)C)CCC3)cc1. The van der Waals surface area contributed by atoms with Crippen molar-refractivity contribution in [3.63, 3.8) is 0 Å². The van der Waals surface area contributed by atoms with Crippen molar-refractivity contribution in [2.24, 2.45) is 0 Å². The highest BCUT2D eigenvalue weighted by molar-refractivity contribution is 5.96. The Labute approximate surface area is 282 Å². The van der Waals surface area contributed by atoms with Crippen LogP contribution in [0.4, 0.5) is 10.5 Å². The number of likely N-dealkylation sites (tertiary alicyclic amines) is 1. The molecule has 0 spiro atoms. The molecule has 2 aliphatic heterocycles. The number of hydrogen-bond acceptors (Lipinski definition) is 7. The Morgan fingerprint density at radius 2 is 1.79 bits per heavy atom. The number of hydrogen-bond donors (Lipinski definition) is 2. The van der Waals surface area contributed by atoms with Crippen LogP contribution in [0.5, 0.6) is 11.5 Å². The van der Waals surface area contributed by atoms with Crippen molar-refractivity contribution in [2.45, 2.75) is 44.2 Å². The number of aryl methyl sites for hydroxylation is 1. The molecule has 256 valence electrons. The zero-order valence-corrected chi connectivity index (χ0v) is 28.0. The van der Waals surface area contributed by atoms with E-state index >= 15 is 0 Å². The van der Waals surface area contributed by atoms with Gasteiger partial charge in [-0.25, -0.2) is 4.79 Å². The van der Waals surface area contributed by atoms with Crippen molar-refractivity contribution in [2.75, 3.05) is 65.5 Å². The summed E-state index contributed by atoms with van der Waals surface area (Å²) >= 11 is 0. The van der Waals surface area contributed by atoms with Crippen LogP contribution in [0.25, 0.3) is 0 Å². The average molecular weight is 659 g/mol. The van der Waals surface area contributed by atoms with Gasteiger partial charge in [0, 0.05) is 62.9 Å². The lowest BCUT2D eigenvalue weighted by Crippen LogP contribution is -2.53. The molecule has 3 aromatic carbocycles. The Morgan fingerprint density at radius 1 is 1.00 bits per heavy atom. The molecule has 11 heteroatoms. The third kappa shape index (κ3) is 8.77. The molecule has 0 bridgehead atoms. The number of para-hydroxylation sites is 1. The number of ether oxygens (including phenoxy) is 3. The number of nitrogens with one attached hydrogen (secondary N) is 1. The Morgan fingerprint density at radius 3 is 2.54 bits per heavy atom. The van der Waals surface area contributed by atoms with Gasteiger partial charge in [-0.2, -0.15) is 0 Å². The van der Waals surface area contributed by atoms with Crippen molar-refractivity contribution in [3.05, 3.63) is 89.0 Å². The lowest BCUT2D eigenvalue weighted by molar-refractivity contribution is -0.127. The second kappa shape index (κ2) is 16.4. The predicted octanol–water partition coefficient (Wildman–Crippen LogP) is 4.79. The van der Waals surface area contributed by atoms with Crippen LogP contribution in [0, 0.1) is 0 Å². The quantitative estimate of drug-likeness (QED) is 0.252. The summed E-state index contributed by atoms with van der Waals surface area (Å²) in [5.41, 5.74) is 4.51. The van der Waals surface area contributed by atoms with Crippen molar-refractivity contribution >= 4 is 23.6 Å². The van der Waals surface area contributed by atoms with E-state index in [1.807, 2.05) is 71.6 Å². The van der Waals surface area contributed by atoms with Crippen LogP contribution in [0.15, 0.2) is 66.7 Å². The van der Waals surface area contributed by atoms with Crippen molar-refractivity contribution < 1.29 is 33.7 Å². The summed E-state index contributed by atoms with van der Waals surface area (Å²) in [7, 11) is 5.12. The van der Waals surface area contributed by atoms with Gasteiger partial charge in [0.1, 0.15) is 11.5 Å². The van der Waals surface area contributed by atoms with E-state index in [0.29, 0.717) is 38.3 Å². The van der Waals surface area contributed by atoms with Crippen LogP contribution in [0.1, 0.15) is 52.2 Å². The topological polar surface area (TPSA) is 121 Å². The summed E-state index contributed by atoms with van der Waals surface area (Å²) in [6.07, 6.45) is 2.13. The van der Waals surface area contributed by atoms with Gasteiger partial charge in [-0.05, 0) is 60.7 Å². The van der Waals surface area contributed by atoms with Gasteiger partial charge in [0.05, 0.1) is 39.5 Å². The largest absolute Gasteiger partial charge is 0.496 e. The number of rotatable bonds is 13. The Balaban J connectivity index is 1.19. The number of carbonyl (C=O) groups is 3. The fraction of sp³-hybridized carbons (Fsp3) is 0.432. The van der Waals surface area contributed by atoms with E-state index in [1.54, 1.807) is 26.1 Å². The van der Waals surface area contributed by atoms with E-state index in [9.17, 15) is 19.5 Å². The maximum atomic E-state index is 13.6. The van der Waals surface area contributed by atoms with Gasteiger partial charge in [0.2, 0.25) is 5.91 Å². The maximum absolute atomic E-state index is 13.6. The monoisotopic (exact) mass is 658 g/mol. The first-order chi connectivity index (χ1) is 23.2. The first kappa shape index (κ1) is 34.6. The zero-order valence-electron chi connectivity index (χ0n) is 28.0. The number of anilines is 1. The van der Waals surface area contributed by atoms with E-state index in [-0.39, 0.29) is 30.8 Å². The van der Waals surface area contributed by atoms with Crippen molar-refractivity contribution in [1.82, 2.24) is 15.1 Å². The van der Waals surface area contributed by atoms with Gasteiger partial charge < -0.3 is 39.3 Å². The minimum Gasteiger partial charge on any atom is -0.496 e. The number of fused-ring (bicyclic) bond motifs is 1. The molecule has 0 radical (unpaired) electrons. The van der Waals surface area contributed by atoms with Crippen LogP contribution >= 0.6 is 0 Å². The molecule has 2 aliphatic rings. The molecule has 0 aromatic heterocycles. The molecule has 2 unspecified atom stereocenters. The van der Waals surface area contributed by atoms with Crippen LogP contribution in [-0.2, 0) is 22.6 Å². The molecule has 0 saturated carbocycles. The highest BCUT2D eigenvalue weighted by Crippen LogP contribution is 2.32. The molecule has 0 aliphatic carbocycles. The molecule has 1 saturated heterocycles. The van der Waals surface area contributed by atoms with E-state index in [2.05, 4.69) is 5.32 Å². The van der Waals surface area contributed by atoms with E-state index in [1.165, 1.54) is 4.90 Å². The van der Waals surface area contributed by atoms with Gasteiger partial charge in [-0.1, -0.05) is 36.4 Å². The average Bonchev–Trinajstić information content (AvgIpc) is 3.10. The molecule has 5 rings (SSSR count). The molecular formula is C37H46N4O7. The maximum Gasteiger partial charge on any atom is 0.407 e. The number of benzene rings is 3. The fourth-order valence-corrected chi connectivity index (χ4v) is 6.35. The summed E-state index contributed by atoms with van der Waals surface area (Å²) in [6, 6.07) is 20.8. The third-order valence-electron chi connectivity index (χ3n) is 9.05. The van der Waals surface area contributed by atoms with Gasteiger partial charge in [0.25, 0.3) is 5.91 Å². The van der Waals surface area contributed by atoms with E-state index in [0.717, 1.165) is 59.7 Å². The standard InChI is InChI=1S/C37H46N4O7/c1-39(2)35(42)24-40-18-6-9-27-11-12-28(22-33(27)40)36(43)38-32-23-41(37(44)45)19-17-31(32)26-13-15-30(16-14-26)48-21-7-20-47-25-29-8-4-5-10-34(29)46-3/h4-5,8,10-16,22,31-32H,6-7,9,17-21,23-25H2,1-3H3,(H,38,43)(H,44,45). The Hall–Kier alpha value is -4.77. The lowest BCUT2D eigenvalue weighted by atomic mass is 9.85. The summed E-state index contributed by atoms with van der Waals surface area (Å²) in [4.78, 5) is 43.0.